The lowest BCUT2D eigenvalue weighted by Crippen LogP contribution is -2.14. The number of nitrogens with one attached hydrogen (secondary N) is 1. The van der Waals surface area contributed by atoms with Gasteiger partial charge in [0.25, 0.3) is 5.91 Å². The second kappa shape index (κ2) is 7.91. The molecule has 150 valence electrons. The van der Waals surface area contributed by atoms with Gasteiger partial charge in [-0.2, -0.15) is 5.10 Å². The molecule has 0 atom stereocenters. The highest BCUT2D eigenvalue weighted by Gasteiger charge is 2.19. The fourth-order valence-electron chi connectivity index (χ4n) is 3.35. The summed E-state index contributed by atoms with van der Waals surface area (Å²) in [5, 5.41) is 8.04. The summed E-state index contributed by atoms with van der Waals surface area (Å²) < 4.78 is 1.81. The van der Waals surface area contributed by atoms with Gasteiger partial charge in [-0.25, -0.2) is 9.67 Å². The molecule has 0 saturated heterocycles. The first-order chi connectivity index (χ1) is 14.4. The van der Waals surface area contributed by atoms with Crippen molar-refractivity contribution in [3.63, 3.8) is 0 Å². The Hall–Kier alpha value is -3.80. The molecule has 0 saturated carbocycles. The first-order valence-corrected chi connectivity index (χ1v) is 9.80. The number of nitrogens with zero attached hydrogens (tertiary/aromatic N) is 3. The molecular weight excluding hydrogens is 376 g/mol. The van der Waals surface area contributed by atoms with E-state index in [-0.39, 0.29) is 17.7 Å². The fraction of sp³-hybridized carbons (Fsp3) is 0.167. The zero-order chi connectivity index (χ0) is 21.3. The standard InChI is InChI=1S/C24H22N4O2/c1-15(2)28-23-21(14-25-28)20(13-22(27-23)17-8-5-4-6-9-17)24(30)26-19-11-7-10-18(12-19)16(3)29/h4-15H,1-3H3,(H,26,30). The van der Waals surface area contributed by atoms with Gasteiger partial charge in [0.15, 0.2) is 11.4 Å². The van der Waals surface area contributed by atoms with Crippen molar-refractivity contribution in [1.82, 2.24) is 14.8 Å². The van der Waals surface area contributed by atoms with Gasteiger partial charge in [0.2, 0.25) is 0 Å². The van der Waals surface area contributed by atoms with Gasteiger partial charge in [-0.15, -0.1) is 0 Å². The van der Waals surface area contributed by atoms with Crippen LogP contribution in [0.1, 0.15) is 47.5 Å². The Bertz CT molecular complexity index is 1240. The molecule has 1 N–H and O–H groups in total. The average molecular weight is 398 g/mol. The molecule has 2 aromatic heterocycles. The predicted octanol–water partition coefficient (Wildman–Crippen LogP) is 5.13. The summed E-state index contributed by atoms with van der Waals surface area (Å²) in [6.07, 6.45) is 1.68. The fourth-order valence-corrected chi connectivity index (χ4v) is 3.35. The minimum Gasteiger partial charge on any atom is -0.322 e. The molecule has 30 heavy (non-hydrogen) atoms. The third-order valence-corrected chi connectivity index (χ3v) is 4.90. The van der Waals surface area contributed by atoms with Crippen molar-refractivity contribution in [1.29, 1.82) is 0 Å². The highest BCUT2D eigenvalue weighted by molar-refractivity contribution is 6.13. The SMILES string of the molecule is CC(=O)c1cccc(NC(=O)c2cc(-c3ccccc3)nc3c2cnn3C(C)C)c1. The van der Waals surface area contributed by atoms with Crippen molar-refractivity contribution >= 4 is 28.4 Å². The van der Waals surface area contributed by atoms with Gasteiger partial charge in [-0.05, 0) is 39.0 Å². The highest BCUT2D eigenvalue weighted by Crippen LogP contribution is 2.27. The molecule has 4 aromatic rings. The summed E-state index contributed by atoms with van der Waals surface area (Å²) in [6, 6.07) is 18.5. The van der Waals surface area contributed by atoms with Gasteiger partial charge in [-0.1, -0.05) is 42.5 Å². The van der Waals surface area contributed by atoms with Crippen molar-refractivity contribution in [3.05, 3.63) is 78.0 Å². The van der Waals surface area contributed by atoms with Crippen LogP contribution in [0.2, 0.25) is 0 Å². The van der Waals surface area contributed by atoms with Crippen LogP contribution in [-0.2, 0) is 0 Å². The van der Waals surface area contributed by atoms with Gasteiger partial charge >= 0.3 is 0 Å². The van der Waals surface area contributed by atoms with Crippen LogP contribution in [0.4, 0.5) is 5.69 Å². The molecule has 2 aromatic carbocycles. The lowest BCUT2D eigenvalue weighted by Gasteiger charge is -2.11. The number of carbonyl (C=O) groups is 2. The van der Waals surface area contributed by atoms with Crippen LogP contribution >= 0.6 is 0 Å². The van der Waals surface area contributed by atoms with Crippen LogP contribution in [0.15, 0.2) is 66.9 Å². The van der Waals surface area contributed by atoms with E-state index in [1.807, 2.05) is 48.9 Å². The van der Waals surface area contributed by atoms with Crippen molar-refractivity contribution in [2.24, 2.45) is 0 Å². The molecule has 0 fully saturated rings. The van der Waals surface area contributed by atoms with Crippen LogP contribution < -0.4 is 5.32 Å². The Kier molecular flexibility index (Phi) is 5.14. The number of hydrogen-bond acceptors (Lipinski definition) is 4. The number of rotatable bonds is 5. The first-order valence-electron chi connectivity index (χ1n) is 9.80. The zero-order valence-electron chi connectivity index (χ0n) is 17.1. The summed E-state index contributed by atoms with van der Waals surface area (Å²) in [7, 11) is 0. The van der Waals surface area contributed by atoms with E-state index in [0.29, 0.717) is 33.5 Å². The predicted molar refractivity (Wildman–Crippen MR) is 118 cm³/mol. The number of pyridine rings is 1. The Morgan fingerprint density at radius 3 is 2.47 bits per heavy atom. The zero-order valence-corrected chi connectivity index (χ0v) is 17.1. The Morgan fingerprint density at radius 1 is 1.00 bits per heavy atom. The van der Waals surface area contributed by atoms with Gasteiger partial charge in [0, 0.05) is 22.9 Å². The minimum atomic E-state index is -0.274. The molecular formula is C24H22N4O2. The number of fused-ring (bicyclic) bond motifs is 1. The molecule has 0 aliphatic carbocycles. The molecule has 1 amide bonds. The molecule has 0 unspecified atom stereocenters. The number of Topliss-reactive ketones (excluding diaryl/α,β-unsaturated/α-hetero) is 1. The molecule has 0 aliphatic heterocycles. The van der Waals surface area contributed by atoms with E-state index in [9.17, 15) is 9.59 Å². The van der Waals surface area contributed by atoms with Gasteiger partial charge in [-0.3, -0.25) is 9.59 Å². The van der Waals surface area contributed by atoms with Crippen molar-refractivity contribution in [2.45, 2.75) is 26.8 Å². The Balaban J connectivity index is 1.82. The molecule has 0 spiro atoms. The third kappa shape index (κ3) is 3.72. The van der Waals surface area contributed by atoms with Crippen LogP contribution in [0.3, 0.4) is 0 Å². The maximum atomic E-state index is 13.2. The summed E-state index contributed by atoms with van der Waals surface area (Å²) in [5.41, 5.74) is 3.88. The third-order valence-electron chi connectivity index (χ3n) is 4.90. The minimum absolute atomic E-state index is 0.0537. The molecule has 0 aliphatic rings. The topological polar surface area (TPSA) is 76.9 Å². The largest absolute Gasteiger partial charge is 0.322 e. The van der Waals surface area contributed by atoms with Crippen LogP contribution in [-0.4, -0.2) is 26.5 Å². The molecule has 4 rings (SSSR count). The van der Waals surface area contributed by atoms with Crippen LogP contribution in [0.25, 0.3) is 22.3 Å². The van der Waals surface area contributed by atoms with E-state index in [2.05, 4.69) is 10.4 Å². The highest BCUT2D eigenvalue weighted by atomic mass is 16.1. The van der Waals surface area contributed by atoms with Gasteiger partial charge in [0.1, 0.15) is 0 Å². The summed E-state index contributed by atoms with van der Waals surface area (Å²) in [4.78, 5) is 29.7. The van der Waals surface area contributed by atoms with E-state index >= 15 is 0 Å². The van der Waals surface area contributed by atoms with Crippen LogP contribution in [0.5, 0.6) is 0 Å². The normalized spacial score (nSPS) is 11.1. The number of carbonyl (C=O) groups excluding carboxylic acids is 2. The van der Waals surface area contributed by atoms with Gasteiger partial charge < -0.3 is 5.32 Å². The lowest BCUT2D eigenvalue weighted by molar-refractivity contribution is 0.101. The van der Waals surface area contributed by atoms with Gasteiger partial charge in [0.05, 0.1) is 22.8 Å². The summed E-state index contributed by atoms with van der Waals surface area (Å²) in [5.74, 6) is -0.328. The quantitative estimate of drug-likeness (QED) is 0.473. The number of aromatic nitrogens is 3. The maximum Gasteiger partial charge on any atom is 0.256 e. The Labute approximate surface area is 174 Å². The maximum absolute atomic E-state index is 13.2. The molecule has 0 bridgehead atoms. The van der Waals surface area contributed by atoms with Crippen LogP contribution in [0, 0.1) is 0 Å². The summed E-state index contributed by atoms with van der Waals surface area (Å²) in [6.45, 7) is 5.55. The molecule has 6 heteroatoms. The van der Waals surface area contributed by atoms with Crippen molar-refractivity contribution in [3.8, 4) is 11.3 Å². The lowest BCUT2D eigenvalue weighted by atomic mass is 10.1. The van der Waals surface area contributed by atoms with E-state index in [1.165, 1.54) is 6.92 Å². The molecule has 2 heterocycles. The van der Waals surface area contributed by atoms with E-state index in [4.69, 9.17) is 4.98 Å². The monoisotopic (exact) mass is 398 g/mol. The second-order valence-electron chi connectivity index (χ2n) is 7.43. The first kappa shape index (κ1) is 19.5. The van der Waals surface area contributed by atoms with Crippen molar-refractivity contribution in [2.75, 3.05) is 5.32 Å². The van der Waals surface area contributed by atoms with Crippen molar-refractivity contribution < 1.29 is 9.59 Å². The summed E-state index contributed by atoms with van der Waals surface area (Å²) >= 11 is 0. The van der Waals surface area contributed by atoms with E-state index in [1.54, 1.807) is 36.5 Å². The number of amides is 1. The number of anilines is 1. The molecule has 0 radical (unpaired) electrons. The molecule has 6 nitrogen and oxygen atoms in total. The Morgan fingerprint density at radius 2 is 1.77 bits per heavy atom. The second-order valence-corrected chi connectivity index (χ2v) is 7.43. The number of hydrogen-bond donors (Lipinski definition) is 1. The van der Waals surface area contributed by atoms with E-state index in [0.717, 1.165) is 5.56 Å². The smallest absolute Gasteiger partial charge is 0.256 e. The van der Waals surface area contributed by atoms with E-state index < -0.39 is 0 Å². The average Bonchev–Trinajstić information content (AvgIpc) is 3.18. The number of ketones is 1. The number of benzene rings is 2.